The van der Waals surface area contributed by atoms with Gasteiger partial charge in [0, 0.05) is 12.7 Å². The minimum Gasteiger partial charge on any atom is -0.478 e. The number of carboxylic acids is 1. The Morgan fingerprint density at radius 2 is 1.77 bits per heavy atom. The minimum absolute atomic E-state index is 0.243. The molecule has 0 aromatic carbocycles. The van der Waals surface area contributed by atoms with Crippen molar-refractivity contribution in [3.05, 3.63) is 12.2 Å². The van der Waals surface area contributed by atoms with Gasteiger partial charge in [-0.2, -0.15) is 0 Å². The SMILES string of the molecule is CC(C)CC[C@H](/C=C/C(=O)O)CCCO[Si](C)(C)C(C)(C)C. The first-order valence-electron chi connectivity index (χ1n) is 8.51. The molecular weight excluding hydrogens is 292 g/mol. The minimum atomic E-state index is -1.66. The molecule has 0 fully saturated rings. The van der Waals surface area contributed by atoms with E-state index >= 15 is 0 Å². The smallest absolute Gasteiger partial charge is 0.327 e. The lowest BCUT2D eigenvalue weighted by atomic mass is 9.93. The molecule has 1 atom stereocenters. The Labute approximate surface area is 138 Å². The quantitative estimate of drug-likeness (QED) is 0.328. The molecule has 4 heteroatoms. The molecule has 0 unspecified atom stereocenters. The molecule has 0 spiro atoms. The van der Waals surface area contributed by atoms with Crippen LogP contribution in [0.25, 0.3) is 0 Å². The van der Waals surface area contributed by atoms with Crippen molar-refractivity contribution in [1.82, 2.24) is 0 Å². The summed E-state index contributed by atoms with van der Waals surface area (Å²) >= 11 is 0. The Morgan fingerprint density at radius 1 is 1.18 bits per heavy atom. The summed E-state index contributed by atoms with van der Waals surface area (Å²) < 4.78 is 6.19. The lowest BCUT2D eigenvalue weighted by Gasteiger charge is -2.36. The maximum atomic E-state index is 10.7. The van der Waals surface area contributed by atoms with E-state index < -0.39 is 14.3 Å². The van der Waals surface area contributed by atoms with Crippen LogP contribution in [0.15, 0.2) is 12.2 Å². The lowest BCUT2D eigenvalue weighted by molar-refractivity contribution is -0.131. The Morgan fingerprint density at radius 3 is 2.23 bits per heavy atom. The van der Waals surface area contributed by atoms with Crippen molar-refractivity contribution < 1.29 is 14.3 Å². The highest BCUT2D eigenvalue weighted by Crippen LogP contribution is 2.36. The van der Waals surface area contributed by atoms with Gasteiger partial charge >= 0.3 is 5.97 Å². The summed E-state index contributed by atoms with van der Waals surface area (Å²) in [7, 11) is -1.66. The molecule has 0 aromatic heterocycles. The first kappa shape index (κ1) is 21.4. The molecule has 22 heavy (non-hydrogen) atoms. The summed E-state index contributed by atoms with van der Waals surface area (Å²) in [5.74, 6) is 0.151. The molecule has 130 valence electrons. The molecule has 0 bridgehead atoms. The Hall–Kier alpha value is -0.613. The van der Waals surface area contributed by atoms with Gasteiger partial charge in [-0.3, -0.25) is 0 Å². The first-order chi connectivity index (χ1) is 9.95. The van der Waals surface area contributed by atoms with Crippen LogP contribution < -0.4 is 0 Å². The van der Waals surface area contributed by atoms with Crippen LogP contribution in [0.3, 0.4) is 0 Å². The van der Waals surface area contributed by atoms with E-state index in [1.807, 2.05) is 6.08 Å². The lowest BCUT2D eigenvalue weighted by Crippen LogP contribution is -2.41. The van der Waals surface area contributed by atoms with Gasteiger partial charge < -0.3 is 9.53 Å². The first-order valence-corrected chi connectivity index (χ1v) is 11.4. The fraction of sp³-hybridized carbons (Fsp3) is 0.833. The molecule has 0 aliphatic rings. The van der Waals surface area contributed by atoms with Gasteiger partial charge in [0.25, 0.3) is 0 Å². The average molecular weight is 329 g/mol. The van der Waals surface area contributed by atoms with Crippen LogP contribution in [0, 0.1) is 11.8 Å². The van der Waals surface area contributed by atoms with Crippen molar-refractivity contribution in [3.8, 4) is 0 Å². The van der Waals surface area contributed by atoms with Gasteiger partial charge in [0.2, 0.25) is 0 Å². The van der Waals surface area contributed by atoms with Gasteiger partial charge in [0.1, 0.15) is 0 Å². The predicted octanol–water partition coefficient (Wildman–Crippen LogP) is 5.48. The van der Waals surface area contributed by atoms with E-state index in [0.717, 1.165) is 32.3 Å². The van der Waals surface area contributed by atoms with Crippen molar-refractivity contribution in [3.63, 3.8) is 0 Å². The predicted molar refractivity (Wildman–Crippen MR) is 96.7 cm³/mol. The zero-order chi connectivity index (χ0) is 17.4. The number of hydrogen-bond donors (Lipinski definition) is 1. The maximum Gasteiger partial charge on any atom is 0.327 e. The van der Waals surface area contributed by atoms with Crippen LogP contribution >= 0.6 is 0 Å². The zero-order valence-electron chi connectivity index (χ0n) is 15.6. The zero-order valence-corrected chi connectivity index (χ0v) is 16.6. The van der Waals surface area contributed by atoms with Gasteiger partial charge in [-0.25, -0.2) is 4.79 Å². The van der Waals surface area contributed by atoms with Gasteiger partial charge in [0.15, 0.2) is 8.32 Å². The molecule has 1 N–H and O–H groups in total. The number of carboxylic acid groups (broad SMARTS) is 1. The van der Waals surface area contributed by atoms with Crippen LogP contribution in [0.1, 0.15) is 60.3 Å². The third-order valence-corrected chi connectivity index (χ3v) is 9.15. The Kier molecular flexibility index (Phi) is 9.24. The van der Waals surface area contributed by atoms with Crippen molar-refractivity contribution >= 4 is 14.3 Å². The number of carbonyl (C=O) groups is 1. The molecule has 0 saturated heterocycles. The fourth-order valence-corrected chi connectivity index (χ4v) is 3.08. The van der Waals surface area contributed by atoms with Crippen LogP contribution in [0.4, 0.5) is 0 Å². The maximum absolute atomic E-state index is 10.7. The average Bonchev–Trinajstić information content (AvgIpc) is 2.34. The third kappa shape index (κ3) is 9.41. The molecular formula is C18H36O3Si. The second-order valence-electron chi connectivity index (χ2n) is 8.18. The summed E-state index contributed by atoms with van der Waals surface area (Å²) in [5, 5.41) is 9.04. The summed E-state index contributed by atoms with van der Waals surface area (Å²) in [6.07, 6.45) is 7.35. The molecule has 0 saturated carbocycles. The van der Waals surface area contributed by atoms with Crippen molar-refractivity contribution in [2.45, 2.75) is 78.4 Å². The molecule has 0 radical (unpaired) electrons. The van der Waals surface area contributed by atoms with Crippen LogP contribution in [-0.4, -0.2) is 26.0 Å². The Bertz CT molecular complexity index is 354. The van der Waals surface area contributed by atoms with E-state index in [0.29, 0.717) is 11.8 Å². The fourth-order valence-electron chi connectivity index (χ4n) is 1.99. The van der Waals surface area contributed by atoms with E-state index in [-0.39, 0.29) is 5.04 Å². The molecule has 0 heterocycles. The molecule has 0 amide bonds. The normalized spacial score (nSPS) is 14.7. The largest absolute Gasteiger partial charge is 0.478 e. The second kappa shape index (κ2) is 9.51. The van der Waals surface area contributed by atoms with Crippen molar-refractivity contribution in [2.75, 3.05) is 6.61 Å². The Balaban J connectivity index is 4.30. The summed E-state index contributed by atoms with van der Waals surface area (Å²) in [6, 6.07) is 0. The highest BCUT2D eigenvalue weighted by atomic mass is 28.4. The number of rotatable bonds is 10. The summed E-state index contributed by atoms with van der Waals surface area (Å²) in [4.78, 5) is 10.7. The standard InChI is InChI=1S/C18H36O3Si/c1-15(2)10-11-16(12-13-17(19)20)9-8-14-21-22(6,7)18(3,4)5/h12-13,15-16H,8-11,14H2,1-7H3,(H,19,20)/b13-12+/t16-/m1/s1. The van der Waals surface area contributed by atoms with Crippen LogP contribution in [0.2, 0.25) is 18.1 Å². The number of aliphatic carboxylic acids is 1. The topological polar surface area (TPSA) is 46.5 Å². The van der Waals surface area contributed by atoms with E-state index in [1.54, 1.807) is 0 Å². The summed E-state index contributed by atoms with van der Waals surface area (Å²) in [6.45, 7) is 16.5. The van der Waals surface area contributed by atoms with Gasteiger partial charge in [-0.15, -0.1) is 0 Å². The molecule has 0 aliphatic carbocycles. The van der Waals surface area contributed by atoms with Crippen LogP contribution in [-0.2, 0) is 9.22 Å². The van der Waals surface area contributed by atoms with E-state index in [2.05, 4.69) is 47.7 Å². The third-order valence-electron chi connectivity index (χ3n) is 4.61. The molecule has 3 nitrogen and oxygen atoms in total. The number of hydrogen-bond acceptors (Lipinski definition) is 2. The highest BCUT2D eigenvalue weighted by molar-refractivity contribution is 6.74. The monoisotopic (exact) mass is 328 g/mol. The van der Waals surface area contributed by atoms with E-state index in [4.69, 9.17) is 9.53 Å². The summed E-state index contributed by atoms with van der Waals surface area (Å²) in [5.41, 5.74) is 0. The molecule has 0 aliphatic heterocycles. The number of allylic oxidation sites excluding steroid dienone is 1. The highest BCUT2D eigenvalue weighted by Gasteiger charge is 2.36. The van der Waals surface area contributed by atoms with E-state index in [1.165, 1.54) is 6.08 Å². The van der Waals surface area contributed by atoms with E-state index in [9.17, 15) is 4.79 Å². The van der Waals surface area contributed by atoms with Gasteiger partial charge in [0.05, 0.1) is 0 Å². The van der Waals surface area contributed by atoms with Crippen molar-refractivity contribution in [2.24, 2.45) is 11.8 Å². The second-order valence-corrected chi connectivity index (χ2v) is 13.0. The molecule has 0 aromatic rings. The van der Waals surface area contributed by atoms with Crippen molar-refractivity contribution in [1.29, 1.82) is 0 Å². The molecule has 0 rings (SSSR count). The van der Waals surface area contributed by atoms with Gasteiger partial charge in [-0.1, -0.05) is 47.1 Å². The van der Waals surface area contributed by atoms with Gasteiger partial charge in [-0.05, 0) is 49.2 Å². The van der Waals surface area contributed by atoms with Crippen LogP contribution in [0.5, 0.6) is 0 Å².